The molecule has 2 aromatic carbocycles. The molecule has 8 heteroatoms. The van der Waals surface area contributed by atoms with Crippen LogP contribution in [0.2, 0.25) is 10.0 Å². The predicted molar refractivity (Wildman–Crippen MR) is 96.5 cm³/mol. The number of halogens is 2. The number of anilines is 1. The van der Waals surface area contributed by atoms with E-state index in [-0.39, 0.29) is 22.2 Å². The van der Waals surface area contributed by atoms with E-state index in [0.717, 1.165) is 0 Å². The van der Waals surface area contributed by atoms with Gasteiger partial charge in [0, 0.05) is 0 Å². The number of para-hydroxylation sites is 1. The summed E-state index contributed by atoms with van der Waals surface area (Å²) in [6.07, 6.45) is 0. The van der Waals surface area contributed by atoms with Gasteiger partial charge in [0.15, 0.2) is 0 Å². The number of carboxylic acids is 1. The lowest BCUT2D eigenvalue weighted by Crippen LogP contribution is -2.13. The minimum atomic E-state index is -0.973. The molecule has 0 fully saturated rings. The van der Waals surface area contributed by atoms with E-state index in [1.165, 1.54) is 0 Å². The van der Waals surface area contributed by atoms with Gasteiger partial charge in [0.2, 0.25) is 0 Å². The number of carbonyl (C=O) groups excluding carboxylic acids is 1. The van der Waals surface area contributed by atoms with E-state index in [1.54, 1.807) is 47.9 Å². The second-order valence-electron chi connectivity index (χ2n) is 5.36. The third-order valence-corrected chi connectivity index (χ3v) is 4.33. The maximum atomic E-state index is 12.6. The van der Waals surface area contributed by atoms with Crippen LogP contribution in [0.4, 0.5) is 5.69 Å². The highest BCUT2D eigenvalue weighted by Gasteiger charge is 2.18. The highest BCUT2D eigenvalue weighted by atomic mass is 35.5. The van der Waals surface area contributed by atoms with Crippen molar-refractivity contribution in [3.05, 3.63) is 57.8 Å². The molecule has 0 aliphatic carbocycles. The largest absolute Gasteiger partial charge is 0.480 e. The van der Waals surface area contributed by atoms with Crippen LogP contribution < -0.4 is 5.32 Å². The maximum absolute atomic E-state index is 12.6. The van der Waals surface area contributed by atoms with Crippen molar-refractivity contribution in [2.24, 2.45) is 0 Å². The van der Waals surface area contributed by atoms with Crippen LogP contribution in [0.3, 0.4) is 0 Å². The number of benzene rings is 2. The average Bonchev–Trinajstić information content (AvgIpc) is 2.84. The van der Waals surface area contributed by atoms with Gasteiger partial charge in [0.1, 0.15) is 17.9 Å². The quantitative estimate of drug-likeness (QED) is 0.719. The number of aliphatic carboxylic acids is 1. The van der Waals surface area contributed by atoms with Crippen LogP contribution in [-0.4, -0.2) is 26.5 Å². The van der Waals surface area contributed by atoms with E-state index in [2.05, 4.69) is 10.3 Å². The number of nitrogens with zero attached hydrogens (tertiary/aromatic N) is 2. The summed E-state index contributed by atoms with van der Waals surface area (Å²) in [4.78, 5) is 28.0. The number of imidazole rings is 1. The molecule has 3 rings (SSSR count). The van der Waals surface area contributed by atoms with Crippen molar-refractivity contribution < 1.29 is 14.7 Å². The van der Waals surface area contributed by atoms with Gasteiger partial charge in [0.25, 0.3) is 5.91 Å². The molecule has 1 amide bonds. The summed E-state index contributed by atoms with van der Waals surface area (Å²) in [6.45, 7) is 1.50. The predicted octanol–water partition coefficient (Wildman–Crippen LogP) is 3.99. The van der Waals surface area contributed by atoms with Crippen molar-refractivity contribution in [2.75, 3.05) is 5.32 Å². The van der Waals surface area contributed by atoms with Crippen LogP contribution in [-0.2, 0) is 11.3 Å². The lowest BCUT2D eigenvalue weighted by atomic mass is 10.2. The van der Waals surface area contributed by atoms with Gasteiger partial charge in [0.05, 0.1) is 26.8 Å². The van der Waals surface area contributed by atoms with Gasteiger partial charge in [-0.3, -0.25) is 9.59 Å². The number of fused-ring (bicyclic) bond motifs is 1. The fraction of sp³-hybridized carbons (Fsp3) is 0.118. The Kier molecular flexibility index (Phi) is 4.65. The minimum Gasteiger partial charge on any atom is -0.480 e. The number of aryl methyl sites for hydroxylation is 1. The van der Waals surface area contributed by atoms with Crippen molar-refractivity contribution in [2.45, 2.75) is 13.5 Å². The Morgan fingerprint density at radius 1 is 1.16 bits per heavy atom. The molecule has 0 aliphatic rings. The summed E-state index contributed by atoms with van der Waals surface area (Å²) in [5.41, 5.74) is 1.73. The minimum absolute atomic E-state index is 0.171. The average molecular weight is 378 g/mol. The first-order chi connectivity index (χ1) is 11.9. The van der Waals surface area contributed by atoms with Gasteiger partial charge in [-0.1, -0.05) is 35.3 Å². The van der Waals surface area contributed by atoms with Crippen molar-refractivity contribution in [1.82, 2.24) is 9.55 Å². The first kappa shape index (κ1) is 17.3. The van der Waals surface area contributed by atoms with Crippen LogP contribution >= 0.6 is 23.2 Å². The summed E-state index contributed by atoms with van der Waals surface area (Å²) in [6, 6.07) is 9.95. The number of hydrogen-bond donors (Lipinski definition) is 2. The van der Waals surface area contributed by atoms with Gasteiger partial charge in [-0.05, 0) is 31.2 Å². The highest BCUT2D eigenvalue weighted by molar-refractivity contribution is 6.40. The van der Waals surface area contributed by atoms with Gasteiger partial charge >= 0.3 is 5.97 Å². The maximum Gasteiger partial charge on any atom is 0.323 e. The third kappa shape index (κ3) is 3.31. The fourth-order valence-electron chi connectivity index (χ4n) is 2.60. The molecule has 3 aromatic rings. The SMILES string of the molecule is Cc1nc2c(NC(=O)c3c(Cl)cccc3Cl)cccc2n1CC(=O)O. The van der Waals surface area contributed by atoms with E-state index in [4.69, 9.17) is 28.3 Å². The van der Waals surface area contributed by atoms with E-state index in [1.807, 2.05) is 0 Å². The summed E-state index contributed by atoms with van der Waals surface area (Å²) in [5, 5.41) is 12.3. The topological polar surface area (TPSA) is 84.2 Å². The van der Waals surface area contributed by atoms with E-state index in [0.29, 0.717) is 22.5 Å². The molecule has 2 N–H and O–H groups in total. The van der Waals surface area contributed by atoms with E-state index >= 15 is 0 Å². The molecule has 0 radical (unpaired) electrons. The number of nitrogens with one attached hydrogen (secondary N) is 1. The third-order valence-electron chi connectivity index (χ3n) is 3.70. The Balaban J connectivity index is 2.02. The molecule has 0 saturated heterocycles. The van der Waals surface area contributed by atoms with Crippen LogP contribution in [0.5, 0.6) is 0 Å². The van der Waals surface area contributed by atoms with Gasteiger partial charge in [-0.25, -0.2) is 4.98 Å². The standard InChI is InChI=1S/C17H13Cl2N3O3/c1-9-20-16-12(6-3-7-13(16)22(9)8-14(23)24)21-17(25)15-10(18)4-2-5-11(15)19/h2-7H,8H2,1H3,(H,21,25)(H,23,24). The Morgan fingerprint density at radius 2 is 1.80 bits per heavy atom. The molecule has 0 unspecified atom stereocenters. The zero-order chi connectivity index (χ0) is 18.1. The molecule has 25 heavy (non-hydrogen) atoms. The number of amides is 1. The molecule has 0 saturated carbocycles. The van der Waals surface area contributed by atoms with Gasteiger partial charge in [-0.2, -0.15) is 0 Å². The summed E-state index contributed by atoms with van der Waals surface area (Å²) >= 11 is 12.1. The molecule has 1 aromatic heterocycles. The zero-order valence-corrected chi connectivity index (χ0v) is 14.6. The van der Waals surface area contributed by atoms with Crippen LogP contribution in [0.1, 0.15) is 16.2 Å². The molecule has 1 heterocycles. The summed E-state index contributed by atoms with van der Waals surface area (Å²) in [7, 11) is 0. The molecular formula is C17H13Cl2N3O3. The molecule has 128 valence electrons. The van der Waals surface area contributed by atoms with E-state index < -0.39 is 11.9 Å². The molecule has 6 nitrogen and oxygen atoms in total. The Hall–Kier alpha value is -2.57. The summed E-state index contributed by atoms with van der Waals surface area (Å²) in [5.74, 6) is -0.900. The fourth-order valence-corrected chi connectivity index (χ4v) is 3.17. The zero-order valence-electron chi connectivity index (χ0n) is 13.1. The number of carbonyl (C=O) groups is 2. The first-order valence-electron chi connectivity index (χ1n) is 7.31. The van der Waals surface area contributed by atoms with Gasteiger partial charge < -0.3 is 15.0 Å². The van der Waals surface area contributed by atoms with Crippen molar-refractivity contribution in [3.63, 3.8) is 0 Å². The monoisotopic (exact) mass is 377 g/mol. The summed E-state index contributed by atoms with van der Waals surface area (Å²) < 4.78 is 1.57. The lowest BCUT2D eigenvalue weighted by Gasteiger charge is -2.09. The molecule has 0 bridgehead atoms. The Bertz CT molecular complexity index is 978. The van der Waals surface area contributed by atoms with Gasteiger partial charge in [-0.15, -0.1) is 0 Å². The number of aromatic nitrogens is 2. The number of carboxylic acid groups (broad SMARTS) is 1. The second kappa shape index (κ2) is 6.74. The van der Waals surface area contributed by atoms with Crippen molar-refractivity contribution in [1.29, 1.82) is 0 Å². The highest BCUT2D eigenvalue weighted by Crippen LogP contribution is 2.28. The number of rotatable bonds is 4. The van der Waals surface area contributed by atoms with Crippen molar-refractivity contribution >= 4 is 51.8 Å². The smallest absolute Gasteiger partial charge is 0.323 e. The Labute approximate surface area is 153 Å². The molecule has 0 aliphatic heterocycles. The molecular weight excluding hydrogens is 365 g/mol. The first-order valence-corrected chi connectivity index (χ1v) is 8.07. The normalized spacial score (nSPS) is 10.8. The van der Waals surface area contributed by atoms with Crippen LogP contribution in [0.25, 0.3) is 11.0 Å². The molecule has 0 atom stereocenters. The lowest BCUT2D eigenvalue weighted by molar-refractivity contribution is -0.137. The second-order valence-corrected chi connectivity index (χ2v) is 6.18. The number of hydrogen-bond acceptors (Lipinski definition) is 3. The van der Waals surface area contributed by atoms with Crippen LogP contribution in [0, 0.1) is 6.92 Å². The van der Waals surface area contributed by atoms with Crippen LogP contribution in [0.15, 0.2) is 36.4 Å². The van der Waals surface area contributed by atoms with E-state index in [9.17, 15) is 9.59 Å². The molecule has 0 spiro atoms. The Morgan fingerprint density at radius 3 is 2.44 bits per heavy atom. The van der Waals surface area contributed by atoms with Crippen molar-refractivity contribution in [3.8, 4) is 0 Å².